The third kappa shape index (κ3) is 4.68. The third-order valence-corrected chi connectivity index (χ3v) is 6.81. The number of ketones is 1. The molecule has 0 bridgehead atoms. The molecular weight excluding hydrogens is 462 g/mol. The number of ether oxygens (including phenoxy) is 2. The van der Waals surface area contributed by atoms with E-state index in [-0.39, 0.29) is 17.3 Å². The molecule has 0 spiro atoms. The Morgan fingerprint density at radius 3 is 2.34 bits per heavy atom. The predicted octanol–water partition coefficient (Wildman–Crippen LogP) is 6.30. The summed E-state index contributed by atoms with van der Waals surface area (Å²) < 4.78 is 11.3. The second-order valence-corrected chi connectivity index (χ2v) is 9.43. The summed E-state index contributed by atoms with van der Waals surface area (Å²) in [6, 6.07) is 15.4. The van der Waals surface area contributed by atoms with E-state index >= 15 is 0 Å². The van der Waals surface area contributed by atoms with Gasteiger partial charge in [-0.1, -0.05) is 19.9 Å². The van der Waals surface area contributed by atoms with Crippen molar-refractivity contribution >= 4 is 34.5 Å². The van der Waals surface area contributed by atoms with E-state index in [0.717, 1.165) is 16.2 Å². The summed E-state index contributed by atoms with van der Waals surface area (Å²) in [7, 11) is 0. The highest BCUT2D eigenvalue weighted by atomic mass is 32.1. The molecule has 1 aromatic heterocycles. The van der Waals surface area contributed by atoms with Crippen LogP contribution in [0.5, 0.6) is 11.5 Å². The van der Waals surface area contributed by atoms with E-state index in [0.29, 0.717) is 30.2 Å². The van der Waals surface area contributed by atoms with Crippen molar-refractivity contribution in [2.75, 3.05) is 18.1 Å². The molecule has 2 aromatic carbocycles. The molecule has 4 rings (SSSR count). The quantitative estimate of drug-likeness (QED) is 0.227. The molecular formula is C28H29NO5S. The van der Waals surface area contributed by atoms with Crippen LogP contribution < -0.4 is 14.4 Å². The van der Waals surface area contributed by atoms with E-state index in [1.165, 1.54) is 16.2 Å². The van der Waals surface area contributed by atoms with E-state index in [1.54, 1.807) is 36.4 Å². The van der Waals surface area contributed by atoms with Crippen molar-refractivity contribution in [1.29, 1.82) is 0 Å². The van der Waals surface area contributed by atoms with Crippen LogP contribution in [0.3, 0.4) is 0 Å². The first-order valence-corrected chi connectivity index (χ1v) is 12.6. The van der Waals surface area contributed by atoms with Crippen LogP contribution in [-0.4, -0.2) is 30.0 Å². The second kappa shape index (κ2) is 10.4. The van der Waals surface area contributed by atoms with Gasteiger partial charge in [0.2, 0.25) is 0 Å². The number of aliphatic hydroxyl groups excluding tert-OH is 1. The number of aliphatic hydroxyl groups is 1. The monoisotopic (exact) mass is 491 g/mol. The molecule has 35 heavy (non-hydrogen) atoms. The Morgan fingerprint density at radius 2 is 1.74 bits per heavy atom. The van der Waals surface area contributed by atoms with E-state index in [4.69, 9.17) is 9.47 Å². The van der Waals surface area contributed by atoms with E-state index < -0.39 is 17.7 Å². The van der Waals surface area contributed by atoms with Crippen molar-refractivity contribution in [3.63, 3.8) is 0 Å². The van der Waals surface area contributed by atoms with Crippen molar-refractivity contribution in [3.05, 3.63) is 81.6 Å². The Morgan fingerprint density at radius 1 is 1.03 bits per heavy atom. The maximum Gasteiger partial charge on any atom is 0.300 e. The molecule has 1 aliphatic heterocycles. The van der Waals surface area contributed by atoms with Gasteiger partial charge in [-0.15, -0.1) is 11.3 Å². The van der Waals surface area contributed by atoms with E-state index in [9.17, 15) is 14.7 Å². The summed E-state index contributed by atoms with van der Waals surface area (Å²) in [5.74, 6) is -0.0255. The minimum Gasteiger partial charge on any atom is -0.507 e. The van der Waals surface area contributed by atoms with Crippen molar-refractivity contribution in [2.24, 2.45) is 0 Å². The highest BCUT2D eigenvalue weighted by Gasteiger charge is 2.47. The normalized spacial score (nSPS) is 17.3. The van der Waals surface area contributed by atoms with Crippen LogP contribution >= 0.6 is 11.3 Å². The molecule has 0 aliphatic carbocycles. The lowest BCUT2D eigenvalue weighted by Crippen LogP contribution is -2.29. The Hall–Kier alpha value is -3.58. The van der Waals surface area contributed by atoms with Gasteiger partial charge in [-0.05, 0) is 79.2 Å². The molecule has 1 amide bonds. The van der Waals surface area contributed by atoms with Gasteiger partial charge < -0.3 is 14.6 Å². The average molecular weight is 492 g/mol. The van der Waals surface area contributed by atoms with Crippen LogP contribution in [0, 0.1) is 0 Å². The van der Waals surface area contributed by atoms with Crippen LogP contribution in [0.4, 0.5) is 5.69 Å². The number of hydrogen-bond acceptors (Lipinski definition) is 6. The van der Waals surface area contributed by atoms with Crippen molar-refractivity contribution in [1.82, 2.24) is 0 Å². The molecule has 2 heterocycles. The van der Waals surface area contributed by atoms with Crippen molar-refractivity contribution in [3.8, 4) is 11.5 Å². The molecule has 182 valence electrons. The summed E-state index contributed by atoms with van der Waals surface area (Å²) in [6.45, 7) is 8.95. The fraction of sp³-hybridized carbons (Fsp3) is 0.286. The number of rotatable bonds is 8. The third-order valence-electron chi connectivity index (χ3n) is 5.89. The maximum atomic E-state index is 13.3. The molecule has 1 fully saturated rings. The smallest absolute Gasteiger partial charge is 0.300 e. The molecule has 1 saturated heterocycles. The maximum absolute atomic E-state index is 13.3. The van der Waals surface area contributed by atoms with Crippen molar-refractivity contribution < 1.29 is 24.2 Å². The summed E-state index contributed by atoms with van der Waals surface area (Å²) >= 11 is 1.43. The number of anilines is 1. The van der Waals surface area contributed by atoms with Gasteiger partial charge in [0.25, 0.3) is 11.7 Å². The lowest BCUT2D eigenvalue weighted by molar-refractivity contribution is -0.132. The molecule has 6 nitrogen and oxygen atoms in total. The zero-order valence-corrected chi connectivity index (χ0v) is 21.1. The van der Waals surface area contributed by atoms with Crippen LogP contribution in [0.25, 0.3) is 5.76 Å². The zero-order chi connectivity index (χ0) is 25.1. The van der Waals surface area contributed by atoms with Crippen LogP contribution in [0.15, 0.2) is 65.6 Å². The minimum absolute atomic E-state index is 0.0743. The van der Waals surface area contributed by atoms with Gasteiger partial charge in [0.15, 0.2) is 0 Å². The summed E-state index contributed by atoms with van der Waals surface area (Å²) in [5, 5.41) is 13.3. The van der Waals surface area contributed by atoms with Gasteiger partial charge in [0.1, 0.15) is 23.3 Å². The number of carbonyl (C=O) groups excluding carboxylic acids is 2. The molecule has 1 unspecified atom stereocenters. The largest absolute Gasteiger partial charge is 0.507 e. The average Bonchev–Trinajstić information content (AvgIpc) is 3.47. The number of Topliss-reactive ketones (excluding diaryl/α,β-unsaturated/α-hetero) is 1. The van der Waals surface area contributed by atoms with Gasteiger partial charge in [-0.3, -0.25) is 14.5 Å². The molecule has 0 saturated carbocycles. The highest BCUT2D eigenvalue weighted by Crippen LogP contribution is 2.44. The topological polar surface area (TPSA) is 76.1 Å². The van der Waals surface area contributed by atoms with Crippen LogP contribution in [0.1, 0.15) is 55.7 Å². The first-order valence-electron chi connectivity index (χ1n) is 11.7. The number of hydrogen-bond donors (Lipinski definition) is 1. The lowest BCUT2D eigenvalue weighted by atomic mass is 9.95. The first kappa shape index (κ1) is 24.5. The van der Waals surface area contributed by atoms with Crippen LogP contribution in [-0.2, 0) is 9.59 Å². The highest BCUT2D eigenvalue weighted by molar-refractivity contribution is 7.10. The Kier molecular flexibility index (Phi) is 7.26. The second-order valence-electron chi connectivity index (χ2n) is 8.45. The SMILES string of the molecule is CCOc1ccc(N2C(=O)C(=O)/C(=C(\O)c3ccc(OCC)c(C(C)C)c3)C2c2cccs2)cc1. The number of benzene rings is 2. The van der Waals surface area contributed by atoms with Crippen LogP contribution in [0.2, 0.25) is 0 Å². The Balaban J connectivity index is 1.85. The summed E-state index contributed by atoms with van der Waals surface area (Å²) in [4.78, 5) is 28.8. The molecule has 7 heteroatoms. The number of amides is 1. The Labute approximate surface area is 209 Å². The van der Waals surface area contributed by atoms with Crippen molar-refractivity contribution in [2.45, 2.75) is 39.7 Å². The Bertz CT molecular complexity index is 1240. The van der Waals surface area contributed by atoms with Gasteiger partial charge in [0, 0.05) is 16.1 Å². The number of nitrogens with zero attached hydrogens (tertiary/aromatic N) is 1. The van der Waals surface area contributed by atoms with E-state index in [1.807, 2.05) is 51.3 Å². The predicted molar refractivity (Wildman–Crippen MR) is 138 cm³/mol. The molecule has 3 aromatic rings. The van der Waals surface area contributed by atoms with Gasteiger partial charge >= 0.3 is 0 Å². The standard InChI is InChI=1S/C28H29NO5S/c1-5-33-20-12-10-19(11-13-20)29-25(23-8-7-15-35-23)24(27(31)28(29)32)26(30)18-9-14-22(34-6-2)21(16-18)17(3)4/h7-17,25,30H,5-6H2,1-4H3/b26-24-. The van der Waals surface area contributed by atoms with Gasteiger partial charge in [-0.25, -0.2) is 0 Å². The number of carbonyl (C=O) groups is 2. The fourth-order valence-corrected chi connectivity index (χ4v) is 5.10. The summed E-state index contributed by atoms with van der Waals surface area (Å²) in [6.07, 6.45) is 0. The fourth-order valence-electron chi connectivity index (χ4n) is 4.27. The molecule has 0 radical (unpaired) electrons. The van der Waals surface area contributed by atoms with Gasteiger partial charge in [-0.2, -0.15) is 0 Å². The lowest BCUT2D eigenvalue weighted by Gasteiger charge is -2.24. The number of thiophene rings is 1. The minimum atomic E-state index is -0.734. The summed E-state index contributed by atoms with van der Waals surface area (Å²) in [5.41, 5.74) is 2.03. The molecule has 1 aliphatic rings. The first-order chi connectivity index (χ1) is 16.9. The molecule has 1 atom stereocenters. The van der Waals surface area contributed by atoms with Gasteiger partial charge in [0.05, 0.1) is 18.8 Å². The van der Waals surface area contributed by atoms with E-state index in [2.05, 4.69) is 0 Å². The zero-order valence-electron chi connectivity index (χ0n) is 20.3. The molecule has 1 N–H and O–H groups in total.